The lowest BCUT2D eigenvalue weighted by Crippen LogP contribution is -2.26. The molecule has 0 bridgehead atoms. The van der Waals surface area contributed by atoms with Crippen molar-refractivity contribution in [3.8, 4) is 22.2 Å². The summed E-state index contributed by atoms with van der Waals surface area (Å²) in [6.07, 6.45) is 3.90. The van der Waals surface area contributed by atoms with Gasteiger partial charge in [-0.2, -0.15) is 0 Å². The smallest absolute Gasteiger partial charge is 0.273 e. The molecule has 1 amide bonds. The van der Waals surface area contributed by atoms with Crippen molar-refractivity contribution in [2.75, 3.05) is 6.54 Å². The van der Waals surface area contributed by atoms with Gasteiger partial charge >= 0.3 is 0 Å². The summed E-state index contributed by atoms with van der Waals surface area (Å²) >= 11 is 1.54. The summed E-state index contributed by atoms with van der Waals surface area (Å²) in [4.78, 5) is 21.0. The van der Waals surface area contributed by atoms with Crippen molar-refractivity contribution < 1.29 is 13.7 Å². The van der Waals surface area contributed by atoms with Gasteiger partial charge in [-0.15, -0.1) is 11.3 Å². The maximum atomic E-state index is 12.2. The molecular formula is C18H14N4O3S. The largest absolute Gasteiger partial charge is 0.461 e. The molecule has 0 fully saturated rings. The van der Waals surface area contributed by atoms with Crippen LogP contribution in [0.4, 0.5) is 0 Å². The van der Waals surface area contributed by atoms with Crippen LogP contribution in [0, 0.1) is 0 Å². The third-order valence-electron chi connectivity index (χ3n) is 3.61. The molecule has 4 rings (SSSR count). The number of amides is 1. The number of carbonyl (C=O) groups excluding carboxylic acids is 1. The minimum absolute atomic E-state index is 0.212. The van der Waals surface area contributed by atoms with Crippen LogP contribution in [0.1, 0.15) is 16.2 Å². The fourth-order valence-electron chi connectivity index (χ4n) is 2.34. The van der Waals surface area contributed by atoms with Gasteiger partial charge in [-0.05, 0) is 24.3 Å². The number of nitrogens with one attached hydrogen (secondary N) is 1. The van der Waals surface area contributed by atoms with Gasteiger partial charge < -0.3 is 14.3 Å². The molecule has 26 heavy (non-hydrogen) atoms. The van der Waals surface area contributed by atoms with E-state index in [0.717, 1.165) is 16.4 Å². The summed E-state index contributed by atoms with van der Waals surface area (Å²) in [5, 5.41) is 9.43. The molecule has 0 unspecified atom stereocenters. The van der Waals surface area contributed by atoms with Gasteiger partial charge in [-0.3, -0.25) is 9.78 Å². The SMILES string of the molecule is O=C(NCCc1csc(-c2ccccn2)n1)c1cc(-c2ccco2)on1. The fourth-order valence-corrected chi connectivity index (χ4v) is 3.17. The number of thiazole rings is 1. The Bertz CT molecular complexity index is 993. The van der Waals surface area contributed by atoms with Crippen LogP contribution < -0.4 is 5.32 Å². The molecule has 0 saturated carbocycles. The van der Waals surface area contributed by atoms with E-state index < -0.39 is 0 Å². The molecule has 0 radical (unpaired) electrons. The molecule has 0 aromatic carbocycles. The summed E-state index contributed by atoms with van der Waals surface area (Å²) in [6, 6.07) is 10.8. The molecule has 4 aromatic heterocycles. The minimum Gasteiger partial charge on any atom is -0.461 e. The second-order valence-corrected chi connectivity index (χ2v) is 6.28. The van der Waals surface area contributed by atoms with Crippen LogP contribution in [0.15, 0.2) is 63.2 Å². The van der Waals surface area contributed by atoms with Crippen LogP contribution in [0.25, 0.3) is 22.2 Å². The highest BCUT2D eigenvalue weighted by atomic mass is 32.1. The highest BCUT2D eigenvalue weighted by Crippen LogP contribution is 2.22. The van der Waals surface area contributed by atoms with Crippen molar-refractivity contribution >= 4 is 17.2 Å². The average Bonchev–Trinajstić information content (AvgIpc) is 3.42. The topological polar surface area (TPSA) is 94.1 Å². The van der Waals surface area contributed by atoms with Crippen molar-refractivity contribution in [1.29, 1.82) is 0 Å². The zero-order valence-corrected chi connectivity index (χ0v) is 14.4. The zero-order chi connectivity index (χ0) is 17.8. The van der Waals surface area contributed by atoms with E-state index in [2.05, 4.69) is 20.4 Å². The molecule has 0 aliphatic heterocycles. The average molecular weight is 366 g/mol. The second-order valence-electron chi connectivity index (χ2n) is 5.42. The van der Waals surface area contributed by atoms with Crippen molar-refractivity contribution in [1.82, 2.24) is 20.4 Å². The predicted molar refractivity (Wildman–Crippen MR) is 95.6 cm³/mol. The van der Waals surface area contributed by atoms with Gasteiger partial charge in [-0.25, -0.2) is 4.98 Å². The van der Waals surface area contributed by atoms with Gasteiger partial charge in [0.15, 0.2) is 11.5 Å². The highest BCUT2D eigenvalue weighted by molar-refractivity contribution is 7.13. The van der Waals surface area contributed by atoms with Gasteiger partial charge in [0.1, 0.15) is 5.01 Å². The zero-order valence-electron chi connectivity index (χ0n) is 13.6. The van der Waals surface area contributed by atoms with E-state index in [4.69, 9.17) is 8.94 Å². The van der Waals surface area contributed by atoms with Gasteiger partial charge in [0, 0.05) is 30.6 Å². The monoisotopic (exact) mass is 366 g/mol. The summed E-state index contributed by atoms with van der Waals surface area (Å²) < 4.78 is 10.3. The number of furan rings is 1. The number of carbonyl (C=O) groups is 1. The normalized spacial score (nSPS) is 10.8. The number of aromatic nitrogens is 3. The van der Waals surface area contributed by atoms with Crippen molar-refractivity contribution in [3.63, 3.8) is 0 Å². The lowest BCUT2D eigenvalue weighted by atomic mass is 10.3. The molecule has 0 aliphatic carbocycles. The van der Waals surface area contributed by atoms with Gasteiger partial charge in [0.05, 0.1) is 17.7 Å². The van der Waals surface area contributed by atoms with Crippen LogP contribution in [0.2, 0.25) is 0 Å². The molecule has 0 spiro atoms. The predicted octanol–water partition coefficient (Wildman–Crippen LogP) is 3.43. The maximum Gasteiger partial charge on any atom is 0.273 e. The number of hydrogen-bond donors (Lipinski definition) is 1. The molecule has 4 heterocycles. The van der Waals surface area contributed by atoms with Crippen LogP contribution in [0.3, 0.4) is 0 Å². The molecule has 1 N–H and O–H groups in total. The summed E-state index contributed by atoms with van der Waals surface area (Å²) in [5.74, 6) is 0.646. The van der Waals surface area contributed by atoms with E-state index in [1.165, 1.54) is 17.6 Å². The van der Waals surface area contributed by atoms with Crippen LogP contribution in [0.5, 0.6) is 0 Å². The van der Waals surface area contributed by atoms with Gasteiger partial charge in [-0.1, -0.05) is 11.2 Å². The quantitative estimate of drug-likeness (QED) is 0.562. The van der Waals surface area contributed by atoms with Crippen molar-refractivity contribution in [3.05, 3.63) is 65.6 Å². The highest BCUT2D eigenvalue weighted by Gasteiger charge is 2.15. The number of hydrogen-bond acceptors (Lipinski definition) is 7. The van der Waals surface area contributed by atoms with E-state index in [1.807, 2.05) is 23.6 Å². The van der Waals surface area contributed by atoms with E-state index >= 15 is 0 Å². The Morgan fingerprint density at radius 3 is 2.96 bits per heavy atom. The number of nitrogens with zero attached hydrogens (tertiary/aromatic N) is 3. The molecule has 0 saturated heterocycles. The Hall–Kier alpha value is -3.26. The summed E-state index contributed by atoms with van der Waals surface area (Å²) in [5.41, 5.74) is 1.97. The van der Waals surface area contributed by atoms with Crippen LogP contribution in [-0.2, 0) is 6.42 Å². The number of rotatable bonds is 6. The summed E-state index contributed by atoms with van der Waals surface area (Å²) in [7, 11) is 0. The van der Waals surface area contributed by atoms with E-state index in [0.29, 0.717) is 24.5 Å². The van der Waals surface area contributed by atoms with E-state index in [9.17, 15) is 4.79 Å². The molecule has 130 valence electrons. The molecule has 7 nitrogen and oxygen atoms in total. The maximum absolute atomic E-state index is 12.2. The van der Waals surface area contributed by atoms with Crippen molar-refractivity contribution in [2.24, 2.45) is 0 Å². The molecule has 4 aromatic rings. The first-order valence-electron chi connectivity index (χ1n) is 7.94. The van der Waals surface area contributed by atoms with Gasteiger partial charge in [0.25, 0.3) is 5.91 Å². The molecule has 0 aliphatic rings. The van der Waals surface area contributed by atoms with Crippen LogP contribution in [-0.4, -0.2) is 27.6 Å². The third-order valence-corrected chi connectivity index (χ3v) is 4.52. The van der Waals surface area contributed by atoms with E-state index in [1.54, 1.807) is 24.4 Å². The molecular weight excluding hydrogens is 352 g/mol. The summed E-state index contributed by atoms with van der Waals surface area (Å²) in [6.45, 7) is 0.452. The Kier molecular flexibility index (Phi) is 4.57. The second kappa shape index (κ2) is 7.32. The Balaban J connectivity index is 1.32. The molecule has 0 atom stereocenters. The first kappa shape index (κ1) is 16.2. The fraction of sp³-hybridized carbons (Fsp3) is 0.111. The Morgan fingerprint density at radius 1 is 1.19 bits per heavy atom. The Morgan fingerprint density at radius 2 is 2.15 bits per heavy atom. The Labute approximate surface area is 152 Å². The van der Waals surface area contributed by atoms with Gasteiger partial charge in [0.2, 0.25) is 5.76 Å². The van der Waals surface area contributed by atoms with Crippen molar-refractivity contribution in [2.45, 2.75) is 6.42 Å². The third kappa shape index (κ3) is 3.55. The molecule has 8 heteroatoms. The van der Waals surface area contributed by atoms with Crippen LogP contribution >= 0.6 is 11.3 Å². The first-order chi connectivity index (χ1) is 12.8. The standard InChI is InChI=1S/C18H14N4O3S/c23-17(14-10-16(25-22-14)15-5-3-9-24-15)20-8-6-12-11-26-18(21-12)13-4-1-2-7-19-13/h1-5,7,9-11H,6,8H2,(H,20,23). The van der Waals surface area contributed by atoms with E-state index in [-0.39, 0.29) is 11.6 Å². The lowest BCUT2D eigenvalue weighted by molar-refractivity contribution is 0.0945. The lowest BCUT2D eigenvalue weighted by Gasteiger charge is -2.00. The minimum atomic E-state index is -0.299. The first-order valence-corrected chi connectivity index (χ1v) is 8.82. The number of pyridine rings is 1.